The maximum absolute atomic E-state index is 12.5. The summed E-state index contributed by atoms with van der Waals surface area (Å²) in [5.74, 6) is 0. The standard InChI is InChI=1S/C14H17N3O2S/c1-11-9-12(15)6-7-14(11)20(18,19)17(2)10-13-5-3-4-8-16-13/h3-9H,10,15H2,1-2H3. The van der Waals surface area contributed by atoms with E-state index in [9.17, 15) is 8.42 Å². The molecule has 0 amide bonds. The van der Waals surface area contributed by atoms with Crippen LogP contribution in [-0.4, -0.2) is 24.8 Å². The van der Waals surface area contributed by atoms with Gasteiger partial charge in [0.15, 0.2) is 0 Å². The molecule has 2 N–H and O–H groups in total. The summed E-state index contributed by atoms with van der Waals surface area (Å²) in [5, 5.41) is 0. The third-order valence-corrected chi connectivity index (χ3v) is 4.96. The fourth-order valence-corrected chi connectivity index (χ4v) is 3.28. The topological polar surface area (TPSA) is 76.3 Å². The zero-order chi connectivity index (χ0) is 14.8. The van der Waals surface area contributed by atoms with E-state index in [4.69, 9.17) is 5.73 Å². The summed E-state index contributed by atoms with van der Waals surface area (Å²) in [6.45, 7) is 1.96. The van der Waals surface area contributed by atoms with Gasteiger partial charge in [0.05, 0.1) is 17.1 Å². The van der Waals surface area contributed by atoms with E-state index in [1.807, 2.05) is 6.07 Å². The van der Waals surface area contributed by atoms with E-state index in [1.54, 1.807) is 44.4 Å². The molecule has 106 valence electrons. The Bertz CT molecular complexity index is 700. The second-order valence-corrected chi connectivity index (χ2v) is 6.62. The number of nitrogens with zero attached hydrogens (tertiary/aromatic N) is 2. The van der Waals surface area contributed by atoms with Crippen molar-refractivity contribution in [3.63, 3.8) is 0 Å². The number of aromatic nitrogens is 1. The van der Waals surface area contributed by atoms with Gasteiger partial charge in [0.1, 0.15) is 0 Å². The molecule has 0 saturated heterocycles. The highest BCUT2D eigenvalue weighted by Gasteiger charge is 2.23. The summed E-state index contributed by atoms with van der Waals surface area (Å²) in [4.78, 5) is 4.40. The van der Waals surface area contributed by atoms with Crippen LogP contribution in [0.5, 0.6) is 0 Å². The molecule has 1 heterocycles. The Labute approximate surface area is 119 Å². The van der Waals surface area contributed by atoms with Gasteiger partial charge in [-0.05, 0) is 42.8 Å². The van der Waals surface area contributed by atoms with Crippen molar-refractivity contribution in [2.75, 3.05) is 12.8 Å². The first-order valence-corrected chi connectivity index (χ1v) is 7.57. The Morgan fingerprint density at radius 2 is 2.00 bits per heavy atom. The van der Waals surface area contributed by atoms with Crippen LogP contribution in [0, 0.1) is 6.92 Å². The lowest BCUT2D eigenvalue weighted by molar-refractivity contribution is 0.462. The quantitative estimate of drug-likeness (QED) is 0.871. The average molecular weight is 291 g/mol. The highest BCUT2D eigenvalue weighted by atomic mass is 32.2. The van der Waals surface area contributed by atoms with Crippen LogP contribution in [0.1, 0.15) is 11.3 Å². The Morgan fingerprint density at radius 1 is 1.25 bits per heavy atom. The molecule has 1 aromatic carbocycles. The highest BCUT2D eigenvalue weighted by molar-refractivity contribution is 7.89. The predicted octanol–water partition coefficient (Wildman–Crippen LogP) is 1.79. The lowest BCUT2D eigenvalue weighted by Crippen LogP contribution is -2.27. The third kappa shape index (κ3) is 2.97. The molecule has 0 radical (unpaired) electrons. The van der Waals surface area contributed by atoms with Crippen molar-refractivity contribution < 1.29 is 8.42 Å². The number of sulfonamides is 1. The fourth-order valence-electron chi connectivity index (χ4n) is 1.93. The van der Waals surface area contributed by atoms with Gasteiger partial charge in [-0.25, -0.2) is 8.42 Å². The number of nitrogen functional groups attached to an aromatic ring is 1. The molecule has 0 aliphatic heterocycles. The lowest BCUT2D eigenvalue weighted by atomic mass is 10.2. The number of aryl methyl sites for hydroxylation is 1. The number of pyridine rings is 1. The normalized spacial score (nSPS) is 11.8. The lowest BCUT2D eigenvalue weighted by Gasteiger charge is -2.18. The van der Waals surface area contributed by atoms with Gasteiger partial charge in [0, 0.05) is 18.9 Å². The van der Waals surface area contributed by atoms with Gasteiger partial charge in [-0.15, -0.1) is 0 Å². The first-order valence-electron chi connectivity index (χ1n) is 6.13. The van der Waals surface area contributed by atoms with Gasteiger partial charge in [-0.3, -0.25) is 4.98 Å². The zero-order valence-corrected chi connectivity index (χ0v) is 12.3. The molecule has 5 nitrogen and oxygen atoms in total. The first-order chi connectivity index (χ1) is 9.41. The van der Waals surface area contributed by atoms with Gasteiger partial charge in [-0.1, -0.05) is 6.07 Å². The van der Waals surface area contributed by atoms with Crippen LogP contribution in [-0.2, 0) is 16.6 Å². The predicted molar refractivity (Wildman–Crippen MR) is 78.5 cm³/mol. The van der Waals surface area contributed by atoms with E-state index in [-0.39, 0.29) is 11.4 Å². The van der Waals surface area contributed by atoms with Crippen LogP contribution < -0.4 is 5.73 Å². The number of nitrogens with two attached hydrogens (primary N) is 1. The molecule has 0 aliphatic carbocycles. The first kappa shape index (κ1) is 14.5. The van der Waals surface area contributed by atoms with E-state index in [0.717, 1.165) is 0 Å². The largest absolute Gasteiger partial charge is 0.399 e. The second kappa shape index (κ2) is 5.60. The van der Waals surface area contributed by atoms with Crippen LogP contribution in [0.15, 0.2) is 47.5 Å². The molecule has 0 bridgehead atoms. The molecule has 0 fully saturated rings. The van der Waals surface area contributed by atoms with Gasteiger partial charge in [0.25, 0.3) is 0 Å². The van der Waals surface area contributed by atoms with Crippen molar-refractivity contribution in [3.05, 3.63) is 53.9 Å². The summed E-state index contributed by atoms with van der Waals surface area (Å²) in [5.41, 5.74) is 7.54. The zero-order valence-electron chi connectivity index (χ0n) is 11.4. The molecule has 0 atom stereocenters. The van der Waals surface area contributed by atoms with Gasteiger partial charge >= 0.3 is 0 Å². The molecule has 0 saturated carbocycles. The smallest absolute Gasteiger partial charge is 0.243 e. The van der Waals surface area contributed by atoms with Gasteiger partial charge in [0.2, 0.25) is 10.0 Å². The molecular formula is C14H17N3O2S. The van der Waals surface area contributed by atoms with Crippen LogP contribution in [0.4, 0.5) is 5.69 Å². The SMILES string of the molecule is Cc1cc(N)ccc1S(=O)(=O)N(C)Cc1ccccn1. The van der Waals surface area contributed by atoms with Crippen molar-refractivity contribution >= 4 is 15.7 Å². The minimum atomic E-state index is -3.55. The molecule has 0 unspecified atom stereocenters. The molecule has 0 spiro atoms. The van der Waals surface area contributed by atoms with E-state index in [2.05, 4.69) is 4.98 Å². The van der Waals surface area contributed by atoms with Gasteiger partial charge < -0.3 is 5.73 Å². The molecule has 2 aromatic rings. The molecule has 20 heavy (non-hydrogen) atoms. The number of hydrogen-bond donors (Lipinski definition) is 1. The van der Waals surface area contributed by atoms with Crippen molar-refractivity contribution in [1.82, 2.24) is 9.29 Å². The summed E-state index contributed by atoms with van der Waals surface area (Å²) in [6.07, 6.45) is 1.64. The van der Waals surface area contributed by atoms with Crippen molar-refractivity contribution in [1.29, 1.82) is 0 Å². The van der Waals surface area contributed by atoms with Crippen molar-refractivity contribution in [2.24, 2.45) is 0 Å². The van der Waals surface area contributed by atoms with Crippen LogP contribution in [0.3, 0.4) is 0 Å². The second-order valence-electron chi connectivity index (χ2n) is 4.61. The maximum atomic E-state index is 12.5. The molecule has 6 heteroatoms. The molecule has 0 aliphatic rings. The Hall–Kier alpha value is -1.92. The summed E-state index contributed by atoms with van der Waals surface area (Å²) in [6, 6.07) is 10.2. The number of benzene rings is 1. The number of hydrogen-bond acceptors (Lipinski definition) is 4. The van der Waals surface area contributed by atoms with Crippen LogP contribution in [0.2, 0.25) is 0 Å². The van der Waals surface area contributed by atoms with E-state index in [1.165, 1.54) is 10.4 Å². The van der Waals surface area contributed by atoms with E-state index >= 15 is 0 Å². The van der Waals surface area contributed by atoms with Gasteiger partial charge in [-0.2, -0.15) is 4.31 Å². The van der Waals surface area contributed by atoms with Crippen LogP contribution >= 0.6 is 0 Å². The average Bonchev–Trinajstić information content (AvgIpc) is 2.39. The molecule has 1 aromatic heterocycles. The minimum Gasteiger partial charge on any atom is -0.399 e. The minimum absolute atomic E-state index is 0.229. The highest BCUT2D eigenvalue weighted by Crippen LogP contribution is 2.21. The van der Waals surface area contributed by atoms with Crippen LogP contribution in [0.25, 0.3) is 0 Å². The molecule has 2 rings (SSSR count). The Balaban J connectivity index is 2.30. The van der Waals surface area contributed by atoms with E-state index < -0.39 is 10.0 Å². The third-order valence-electron chi connectivity index (χ3n) is 3.00. The summed E-state index contributed by atoms with van der Waals surface area (Å²) >= 11 is 0. The number of rotatable bonds is 4. The summed E-state index contributed by atoms with van der Waals surface area (Å²) in [7, 11) is -2.01. The fraction of sp³-hybridized carbons (Fsp3) is 0.214. The monoisotopic (exact) mass is 291 g/mol. The van der Waals surface area contributed by atoms with Crippen molar-refractivity contribution in [3.8, 4) is 0 Å². The van der Waals surface area contributed by atoms with Crippen molar-refractivity contribution in [2.45, 2.75) is 18.4 Å². The van der Waals surface area contributed by atoms with E-state index in [0.29, 0.717) is 16.9 Å². The summed E-state index contributed by atoms with van der Waals surface area (Å²) < 4.78 is 26.3. The number of anilines is 1. The Kier molecular flexibility index (Phi) is 4.06. The molecular weight excluding hydrogens is 274 g/mol. The Morgan fingerprint density at radius 3 is 2.60 bits per heavy atom. The maximum Gasteiger partial charge on any atom is 0.243 e.